The summed E-state index contributed by atoms with van der Waals surface area (Å²) < 4.78 is 17.4. The van der Waals surface area contributed by atoms with Gasteiger partial charge in [0.15, 0.2) is 5.79 Å². The Morgan fingerprint density at radius 1 is 1.14 bits per heavy atom. The number of ether oxygens (including phenoxy) is 2. The van der Waals surface area contributed by atoms with Crippen molar-refractivity contribution in [2.75, 3.05) is 44.3 Å². The maximum atomic E-state index is 13.2. The number of hydrogen-bond donors (Lipinski definition) is 0. The second-order valence-corrected chi connectivity index (χ2v) is 8.38. The minimum Gasteiger partial charge on any atom is -0.443 e. The van der Waals surface area contributed by atoms with Crippen LogP contribution in [0.2, 0.25) is 0 Å². The SMILES string of the molecule is Cc1oc2ncnc(N3CCCC(C(=O)N4CCC5(CC4)OCCO5)C3)c2c1C. The Morgan fingerprint density at radius 2 is 1.90 bits per heavy atom. The first kappa shape index (κ1) is 18.8. The van der Waals surface area contributed by atoms with Crippen molar-refractivity contribution in [1.82, 2.24) is 14.9 Å². The predicted octanol–water partition coefficient (Wildman–Crippen LogP) is 2.42. The van der Waals surface area contributed by atoms with Gasteiger partial charge < -0.3 is 23.7 Å². The Bertz CT molecular complexity index is 911. The van der Waals surface area contributed by atoms with Gasteiger partial charge in [-0.05, 0) is 26.7 Å². The molecule has 1 spiro atoms. The van der Waals surface area contributed by atoms with E-state index in [9.17, 15) is 4.79 Å². The molecule has 8 nitrogen and oxygen atoms in total. The fraction of sp³-hybridized carbons (Fsp3) is 0.667. The minimum atomic E-state index is -0.446. The van der Waals surface area contributed by atoms with E-state index in [1.165, 1.54) is 0 Å². The zero-order valence-corrected chi connectivity index (χ0v) is 17.1. The molecule has 3 aliphatic heterocycles. The number of carbonyl (C=O) groups is 1. The Morgan fingerprint density at radius 3 is 2.66 bits per heavy atom. The smallest absolute Gasteiger partial charge is 0.231 e. The molecule has 0 N–H and O–H groups in total. The molecule has 2 aromatic rings. The third-order valence-corrected chi connectivity index (χ3v) is 6.67. The van der Waals surface area contributed by atoms with E-state index in [0.717, 1.165) is 54.8 Å². The minimum absolute atomic E-state index is 0.0125. The van der Waals surface area contributed by atoms with Gasteiger partial charge in [-0.25, -0.2) is 9.97 Å². The molecule has 0 aliphatic carbocycles. The lowest BCUT2D eigenvalue weighted by Gasteiger charge is -2.40. The first-order valence-electron chi connectivity index (χ1n) is 10.6. The standard InChI is InChI=1S/C21H28N4O4/c1-14-15(2)29-19-17(14)18(22-13-23-19)25-7-3-4-16(12-25)20(26)24-8-5-21(6-9-24)27-10-11-28-21/h13,16H,3-12H2,1-2H3. The third kappa shape index (κ3) is 3.28. The van der Waals surface area contributed by atoms with E-state index in [2.05, 4.69) is 14.9 Å². The molecular formula is C21H28N4O4. The van der Waals surface area contributed by atoms with E-state index in [4.69, 9.17) is 13.9 Å². The monoisotopic (exact) mass is 400 g/mol. The summed E-state index contributed by atoms with van der Waals surface area (Å²) >= 11 is 0. The molecule has 0 radical (unpaired) electrons. The Labute approximate surface area is 170 Å². The molecule has 0 saturated carbocycles. The number of likely N-dealkylation sites (tertiary alicyclic amines) is 1. The van der Waals surface area contributed by atoms with Crippen LogP contribution in [0, 0.1) is 19.8 Å². The molecule has 0 aromatic carbocycles. The molecule has 5 heterocycles. The lowest BCUT2D eigenvalue weighted by atomic mass is 9.94. The van der Waals surface area contributed by atoms with Gasteiger partial charge in [-0.3, -0.25) is 4.79 Å². The average molecular weight is 400 g/mol. The quantitative estimate of drug-likeness (QED) is 0.766. The molecule has 156 valence electrons. The number of anilines is 1. The molecule has 8 heteroatoms. The highest BCUT2D eigenvalue weighted by Crippen LogP contribution is 2.35. The first-order chi connectivity index (χ1) is 14.1. The van der Waals surface area contributed by atoms with Gasteiger partial charge in [0.1, 0.15) is 17.9 Å². The molecule has 1 amide bonds. The fourth-order valence-corrected chi connectivity index (χ4v) is 4.89. The van der Waals surface area contributed by atoms with Gasteiger partial charge in [0.2, 0.25) is 11.6 Å². The van der Waals surface area contributed by atoms with Crippen LogP contribution in [0.5, 0.6) is 0 Å². The number of carbonyl (C=O) groups excluding carboxylic acids is 1. The number of aryl methyl sites for hydroxylation is 2. The van der Waals surface area contributed by atoms with E-state index in [1.54, 1.807) is 6.33 Å². The summed E-state index contributed by atoms with van der Waals surface area (Å²) in [6.45, 7) is 8.28. The number of hydrogen-bond acceptors (Lipinski definition) is 7. The van der Waals surface area contributed by atoms with Crippen molar-refractivity contribution in [3.63, 3.8) is 0 Å². The van der Waals surface area contributed by atoms with E-state index in [-0.39, 0.29) is 11.8 Å². The summed E-state index contributed by atoms with van der Waals surface area (Å²) in [5, 5.41) is 0.966. The molecule has 1 atom stereocenters. The van der Waals surface area contributed by atoms with Gasteiger partial charge in [0, 0.05) is 44.6 Å². The second-order valence-electron chi connectivity index (χ2n) is 8.38. The molecule has 5 rings (SSSR count). The van der Waals surface area contributed by atoms with Gasteiger partial charge in [-0.1, -0.05) is 0 Å². The average Bonchev–Trinajstić information content (AvgIpc) is 3.32. The van der Waals surface area contributed by atoms with Gasteiger partial charge >= 0.3 is 0 Å². The Kier molecular flexibility index (Phi) is 4.70. The summed E-state index contributed by atoms with van der Waals surface area (Å²) in [7, 11) is 0. The Balaban J connectivity index is 1.31. The molecule has 3 fully saturated rings. The summed E-state index contributed by atoms with van der Waals surface area (Å²) in [6.07, 6.45) is 4.96. The predicted molar refractivity (Wildman–Crippen MR) is 107 cm³/mol. The van der Waals surface area contributed by atoms with Crippen molar-refractivity contribution in [3.8, 4) is 0 Å². The van der Waals surface area contributed by atoms with Crippen LogP contribution < -0.4 is 4.90 Å². The van der Waals surface area contributed by atoms with Crippen LogP contribution in [0.15, 0.2) is 10.7 Å². The number of furan rings is 1. The lowest BCUT2D eigenvalue weighted by molar-refractivity contribution is -0.188. The van der Waals surface area contributed by atoms with Crippen LogP contribution in [-0.4, -0.2) is 66.0 Å². The van der Waals surface area contributed by atoms with E-state index < -0.39 is 5.79 Å². The van der Waals surface area contributed by atoms with E-state index in [1.807, 2.05) is 18.7 Å². The van der Waals surface area contributed by atoms with Crippen LogP contribution in [0.3, 0.4) is 0 Å². The first-order valence-corrected chi connectivity index (χ1v) is 10.6. The Hall–Kier alpha value is -2.19. The number of aromatic nitrogens is 2. The second kappa shape index (κ2) is 7.25. The van der Waals surface area contributed by atoms with Crippen molar-refractivity contribution in [2.45, 2.75) is 45.3 Å². The summed E-state index contributed by atoms with van der Waals surface area (Å²) in [5.41, 5.74) is 1.69. The number of amides is 1. The highest BCUT2D eigenvalue weighted by atomic mass is 16.7. The van der Waals surface area contributed by atoms with Crippen LogP contribution in [0.25, 0.3) is 11.1 Å². The maximum absolute atomic E-state index is 13.2. The van der Waals surface area contributed by atoms with Crippen LogP contribution in [0.1, 0.15) is 37.0 Å². The van der Waals surface area contributed by atoms with Gasteiger partial charge in [0.05, 0.1) is 24.5 Å². The molecule has 3 saturated heterocycles. The highest BCUT2D eigenvalue weighted by molar-refractivity contribution is 5.90. The van der Waals surface area contributed by atoms with Gasteiger partial charge in [-0.2, -0.15) is 0 Å². The van der Waals surface area contributed by atoms with Crippen LogP contribution in [-0.2, 0) is 14.3 Å². The van der Waals surface area contributed by atoms with E-state index in [0.29, 0.717) is 38.6 Å². The number of piperidine rings is 2. The summed E-state index contributed by atoms with van der Waals surface area (Å²) in [5.74, 6) is 1.53. The number of fused-ring (bicyclic) bond motifs is 1. The van der Waals surface area contributed by atoms with Crippen molar-refractivity contribution in [3.05, 3.63) is 17.7 Å². The van der Waals surface area contributed by atoms with Crippen molar-refractivity contribution in [1.29, 1.82) is 0 Å². The molecule has 2 aromatic heterocycles. The lowest BCUT2D eigenvalue weighted by Crippen LogP contribution is -2.51. The van der Waals surface area contributed by atoms with Crippen molar-refractivity contribution in [2.24, 2.45) is 5.92 Å². The van der Waals surface area contributed by atoms with Gasteiger partial charge in [-0.15, -0.1) is 0 Å². The number of rotatable bonds is 2. The third-order valence-electron chi connectivity index (χ3n) is 6.67. The molecule has 1 unspecified atom stereocenters. The van der Waals surface area contributed by atoms with Crippen LogP contribution >= 0.6 is 0 Å². The maximum Gasteiger partial charge on any atom is 0.231 e. The van der Waals surface area contributed by atoms with Crippen molar-refractivity contribution < 1.29 is 18.7 Å². The molecule has 3 aliphatic rings. The fourth-order valence-electron chi connectivity index (χ4n) is 4.89. The van der Waals surface area contributed by atoms with Crippen LogP contribution in [0.4, 0.5) is 5.82 Å². The molecule has 0 bridgehead atoms. The molecular weight excluding hydrogens is 372 g/mol. The zero-order valence-electron chi connectivity index (χ0n) is 17.1. The van der Waals surface area contributed by atoms with Gasteiger partial charge in [0.25, 0.3) is 0 Å². The number of nitrogens with zero attached hydrogens (tertiary/aromatic N) is 4. The highest BCUT2D eigenvalue weighted by Gasteiger charge is 2.42. The topological polar surface area (TPSA) is 80.9 Å². The normalized spacial score (nSPS) is 24.6. The van der Waals surface area contributed by atoms with E-state index >= 15 is 0 Å². The summed E-state index contributed by atoms with van der Waals surface area (Å²) in [6, 6.07) is 0. The largest absolute Gasteiger partial charge is 0.443 e. The molecule has 29 heavy (non-hydrogen) atoms. The summed E-state index contributed by atoms with van der Waals surface area (Å²) in [4.78, 5) is 26.3. The zero-order chi connectivity index (χ0) is 20.0. The van der Waals surface area contributed by atoms with Crippen molar-refractivity contribution >= 4 is 22.8 Å².